The largest absolute Gasteiger partial charge is 0.493 e. The van der Waals surface area contributed by atoms with Crippen LogP contribution in [0.25, 0.3) is 6.08 Å². The molecule has 1 heterocycles. The number of para-hydroxylation sites is 1. The fraction of sp³-hybridized carbons (Fsp3) is 0.115. The molecule has 1 aliphatic rings. The maximum atomic E-state index is 13.2. The lowest BCUT2D eigenvalue weighted by molar-refractivity contribution is -0.114. The Morgan fingerprint density at radius 3 is 2.50 bits per heavy atom. The Morgan fingerprint density at radius 2 is 1.79 bits per heavy atom. The number of hydrogen-bond donors (Lipinski definition) is 0. The van der Waals surface area contributed by atoms with Crippen molar-refractivity contribution in [2.75, 3.05) is 19.1 Å². The second kappa shape index (κ2) is 10.1. The summed E-state index contributed by atoms with van der Waals surface area (Å²) in [5.74, 6) is 0.801. The highest BCUT2D eigenvalue weighted by atomic mass is 79.9. The van der Waals surface area contributed by atoms with E-state index in [-0.39, 0.29) is 12.5 Å². The summed E-state index contributed by atoms with van der Waals surface area (Å²) in [6.07, 6.45) is 1.76. The van der Waals surface area contributed by atoms with Crippen molar-refractivity contribution in [2.24, 2.45) is 0 Å². The van der Waals surface area contributed by atoms with Gasteiger partial charge < -0.3 is 14.4 Å². The number of ether oxygens (including phenoxy) is 2. The van der Waals surface area contributed by atoms with Crippen LogP contribution in [-0.2, 0) is 11.4 Å². The van der Waals surface area contributed by atoms with Crippen LogP contribution in [0, 0.1) is 11.3 Å². The number of nitrogens with zero attached hydrogens (tertiary/aromatic N) is 3. The van der Waals surface area contributed by atoms with Gasteiger partial charge in [-0.05, 0) is 54.2 Å². The normalized spacial score (nSPS) is 14.5. The summed E-state index contributed by atoms with van der Waals surface area (Å²) in [7, 11) is 3.32. The van der Waals surface area contributed by atoms with Crippen molar-refractivity contribution in [3.05, 3.63) is 93.6 Å². The highest BCUT2D eigenvalue weighted by Crippen LogP contribution is 2.36. The number of carbonyl (C=O) groups is 1. The second-order valence-corrected chi connectivity index (χ2v) is 8.65. The number of carbonyl (C=O) groups excluding carboxylic acids is 1. The Balaban J connectivity index is 1.63. The third kappa shape index (κ3) is 4.53. The van der Waals surface area contributed by atoms with Crippen LogP contribution in [0.4, 0.5) is 5.69 Å². The Morgan fingerprint density at radius 1 is 1.09 bits per heavy atom. The number of hydrogen-bond acceptors (Lipinski definition) is 5. The molecule has 0 unspecified atom stereocenters. The van der Waals surface area contributed by atoms with Crippen LogP contribution in [0.5, 0.6) is 11.5 Å². The zero-order valence-corrected chi connectivity index (χ0v) is 20.9. The molecule has 34 heavy (non-hydrogen) atoms. The summed E-state index contributed by atoms with van der Waals surface area (Å²) in [4.78, 5) is 16.4. The fourth-order valence-corrected chi connectivity index (χ4v) is 4.28. The van der Waals surface area contributed by atoms with Gasteiger partial charge in [0.15, 0.2) is 16.6 Å². The molecule has 170 valence electrons. The maximum Gasteiger partial charge on any atom is 0.281 e. The minimum Gasteiger partial charge on any atom is -0.493 e. The van der Waals surface area contributed by atoms with E-state index in [0.29, 0.717) is 33.6 Å². The van der Waals surface area contributed by atoms with Gasteiger partial charge in [0.25, 0.3) is 5.91 Å². The van der Waals surface area contributed by atoms with Gasteiger partial charge >= 0.3 is 0 Å². The zero-order chi connectivity index (χ0) is 24.2. The van der Waals surface area contributed by atoms with Gasteiger partial charge in [0, 0.05) is 17.1 Å². The molecule has 0 atom stereocenters. The SMILES string of the molecule is COc1cc(/C=C2/C(=O)N(c3ccccc3)C(=S)N2C)c(Br)cc1OCc1ccccc1C#N. The van der Waals surface area contributed by atoms with Crippen LogP contribution in [0.15, 0.2) is 76.9 Å². The van der Waals surface area contributed by atoms with E-state index in [1.54, 1.807) is 43.3 Å². The fourth-order valence-electron chi connectivity index (χ4n) is 3.55. The van der Waals surface area contributed by atoms with Gasteiger partial charge in [-0.15, -0.1) is 0 Å². The number of nitriles is 1. The molecule has 4 rings (SSSR count). The van der Waals surface area contributed by atoms with E-state index < -0.39 is 0 Å². The molecule has 0 aromatic heterocycles. The van der Waals surface area contributed by atoms with E-state index in [9.17, 15) is 10.1 Å². The molecule has 3 aromatic rings. The first-order chi connectivity index (χ1) is 16.4. The van der Waals surface area contributed by atoms with E-state index in [0.717, 1.165) is 15.6 Å². The topological polar surface area (TPSA) is 65.8 Å². The Kier molecular flexibility index (Phi) is 6.96. The average molecular weight is 534 g/mol. The number of likely N-dealkylation sites (N-methyl/N-ethyl adjacent to an activating group) is 1. The van der Waals surface area contributed by atoms with Crippen molar-refractivity contribution in [1.82, 2.24) is 4.90 Å². The van der Waals surface area contributed by atoms with E-state index in [2.05, 4.69) is 22.0 Å². The molecule has 0 N–H and O–H groups in total. The van der Waals surface area contributed by atoms with Crippen LogP contribution in [0.2, 0.25) is 0 Å². The lowest BCUT2D eigenvalue weighted by atomic mass is 10.1. The first-order valence-corrected chi connectivity index (χ1v) is 11.5. The number of methoxy groups -OCH3 is 1. The standard InChI is InChI=1S/C26H20BrN3O3S/c1-29-22(25(31)30(26(29)34)20-10-4-3-5-11-20)12-19-13-23(32-2)24(14-21(19)27)33-16-18-9-7-6-8-17(18)15-28/h3-14H,16H2,1-2H3/b22-12-. The quantitative estimate of drug-likeness (QED) is 0.307. The Hall–Kier alpha value is -3.67. The van der Waals surface area contributed by atoms with Gasteiger partial charge in [-0.1, -0.05) is 52.3 Å². The third-order valence-electron chi connectivity index (χ3n) is 5.37. The minimum absolute atomic E-state index is 0.210. The van der Waals surface area contributed by atoms with Crippen LogP contribution in [0.1, 0.15) is 16.7 Å². The molecule has 1 amide bonds. The molecule has 0 aliphatic carbocycles. The Labute approximate surface area is 211 Å². The summed E-state index contributed by atoms with van der Waals surface area (Å²) >= 11 is 9.11. The van der Waals surface area contributed by atoms with Crippen molar-refractivity contribution >= 4 is 50.9 Å². The van der Waals surface area contributed by atoms with Gasteiger partial charge in [0.2, 0.25) is 0 Å². The summed E-state index contributed by atoms with van der Waals surface area (Å²) < 4.78 is 12.2. The van der Waals surface area contributed by atoms with Crippen molar-refractivity contribution in [2.45, 2.75) is 6.61 Å². The van der Waals surface area contributed by atoms with Crippen LogP contribution < -0.4 is 14.4 Å². The van der Waals surface area contributed by atoms with Gasteiger partial charge in [0.1, 0.15) is 12.3 Å². The van der Waals surface area contributed by atoms with Crippen molar-refractivity contribution < 1.29 is 14.3 Å². The molecule has 0 bridgehead atoms. The lowest BCUT2D eigenvalue weighted by Gasteiger charge is -2.16. The lowest BCUT2D eigenvalue weighted by Crippen LogP contribution is -2.30. The molecule has 3 aromatic carbocycles. The number of halogens is 1. The molecule has 1 aliphatic heterocycles. The maximum absolute atomic E-state index is 13.2. The number of amides is 1. The minimum atomic E-state index is -0.210. The first-order valence-electron chi connectivity index (χ1n) is 10.3. The van der Waals surface area contributed by atoms with Gasteiger partial charge in [-0.3, -0.25) is 9.69 Å². The monoisotopic (exact) mass is 533 g/mol. The van der Waals surface area contributed by atoms with Crippen molar-refractivity contribution in [3.63, 3.8) is 0 Å². The average Bonchev–Trinajstić information content (AvgIpc) is 3.07. The third-order valence-corrected chi connectivity index (χ3v) is 6.52. The second-order valence-electron chi connectivity index (χ2n) is 7.43. The van der Waals surface area contributed by atoms with Crippen LogP contribution in [0.3, 0.4) is 0 Å². The summed E-state index contributed by atoms with van der Waals surface area (Å²) in [5.41, 5.74) is 3.22. The molecule has 0 spiro atoms. The molecule has 6 nitrogen and oxygen atoms in total. The summed E-state index contributed by atoms with van der Waals surface area (Å²) in [6.45, 7) is 0.217. The van der Waals surface area contributed by atoms with Gasteiger partial charge in [-0.2, -0.15) is 5.26 Å². The predicted octanol–water partition coefficient (Wildman–Crippen LogP) is 5.51. The van der Waals surface area contributed by atoms with Gasteiger partial charge in [-0.25, -0.2) is 0 Å². The molecule has 0 radical (unpaired) electrons. The number of rotatable bonds is 6. The van der Waals surface area contributed by atoms with Crippen molar-refractivity contribution in [1.29, 1.82) is 5.26 Å². The Bertz CT molecular complexity index is 1330. The highest BCUT2D eigenvalue weighted by Gasteiger charge is 2.36. The molecule has 8 heteroatoms. The van der Waals surface area contributed by atoms with E-state index in [4.69, 9.17) is 21.7 Å². The summed E-state index contributed by atoms with van der Waals surface area (Å²) in [5, 5.41) is 9.70. The molecule has 0 saturated carbocycles. The van der Waals surface area contributed by atoms with Crippen LogP contribution >= 0.6 is 28.1 Å². The number of anilines is 1. The van der Waals surface area contributed by atoms with Crippen molar-refractivity contribution in [3.8, 4) is 17.6 Å². The summed E-state index contributed by atoms with van der Waals surface area (Å²) in [6, 6.07) is 22.3. The van der Waals surface area contributed by atoms with E-state index in [1.165, 1.54) is 4.90 Å². The predicted molar refractivity (Wildman–Crippen MR) is 138 cm³/mol. The highest BCUT2D eigenvalue weighted by molar-refractivity contribution is 9.10. The van der Waals surface area contributed by atoms with Gasteiger partial charge in [0.05, 0.1) is 24.4 Å². The smallest absolute Gasteiger partial charge is 0.281 e. The van der Waals surface area contributed by atoms with E-state index >= 15 is 0 Å². The van der Waals surface area contributed by atoms with E-state index in [1.807, 2.05) is 48.5 Å². The zero-order valence-electron chi connectivity index (χ0n) is 18.5. The molecular formula is C26H20BrN3O3S. The number of benzene rings is 3. The molecular weight excluding hydrogens is 514 g/mol. The molecule has 1 fully saturated rings. The van der Waals surface area contributed by atoms with Crippen LogP contribution in [-0.4, -0.2) is 30.1 Å². The number of thiocarbonyl (C=S) groups is 1. The molecule has 1 saturated heterocycles. The first kappa shape index (κ1) is 23.5.